The first-order valence-electron chi connectivity index (χ1n) is 7.91. The molecule has 0 aliphatic carbocycles. The normalized spacial score (nSPS) is 12.2. The van der Waals surface area contributed by atoms with E-state index in [1.54, 1.807) is 7.11 Å². The lowest BCUT2D eigenvalue weighted by atomic mass is 10.1. The van der Waals surface area contributed by atoms with Crippen LogP contribution in [0.25, 0.3) is 0 Å². The van der Waals surface area contributed by atoms with Crippen molar-refractivity contribution in [2.45, 2.75) is 39.2 Å². The van der Waals surface area contributed by atoms with Crippen molar-refractivity contribution in [1.82, 2.24) is 9.62 Å². The van der Waals surface area contributed by atoms with Crippen molar-refractivity contribution in [3.63, 3.8) is 0 Å². The predicted molar refractivity (Wildman–Crippen MR) is 95.6 cm³/mol. The highest BCUT2D eigenvalue weighted by Crippen LogP contribution is 2.17. The standard InChI is InChI=1S/C17H28N2O4S/c1-17(2,3)19(24(5,21)22)13-11-16(20)18-12-10-14-6-8-15(23-4)9-7-14/h6-9H,10-13H2,1-5H3,(H,18,20). The number of rotatable bonds is 8. The van der Waals surface area contributed by atoms with Gasteiger partial charge in [0.25, 0.3) is 0 Å². The SMILES string of the molecule is COc1ccc(CCNC(=O)CCN(C(C)(C)C)S(C)(=O)=O)cc1. The fraction of sp³-hybridized carbons (Fsp3) is 0.588. The van der Waals surface area contributed by atoms with Crippen LogP contribution in [0.4, 0.5) is 0 Å². The first-order valence-corrected chi connectivity index (χ1v) is 9.76. The maximum Gasteiger partial charge on any atom is 0.221 e. The number of benzene rings is 1. The number of hydrogen-bond acceptors (Lipinski definition) is 4. The van der Waals surface area contributed by atoms with E-state index in [0.29, 0.717) is 13.0 Å². The largest absolute Gasteiger partial charge is 0.497 e. The average molecular weight is 356 g/mol. The van der Waals surface area contributed by atoms with Gasteiger partial charge in [0.15, 0.2) is 0 Å². The molecule has 7 heteroatoms. The van der Waals surface area contributed by atoms with Crippen molar-refractivity contribution in [1.29, 1.82) is 0 Å². The van der Waals surface area contributed by atoms with Gasteiger partial charge in [0, 0.05) is 25.0 Å². The Balaban J connectivity index is 2.43. The third-order valence-corrected chi connectivity index (χ3v) is 5.12. The Morgan fingerprint density at radius 1 is 1.21 bits per heavy atom. The molecule has 1 amide bonds. The van der Waals surface area contributed by atoms with E-state index in [2.05, 4.69) is 5.32 Å². The zero-order valence-corrected chi connectivity index (χ0v) is 15.9. The van der Waals surface area contributed by atoms with Crippen LogP contribution in [0.2, 0.25) is 0 Å². The van der Waals surface area contributed by atoms with E-state index in [1.165, 1.54) is 10.6 Å². The minimum Gasteiger partial charge on any atom is -0.497 e. The van der Waals surface area contributed by atoms with Crippen LogP contribution in [0.3, 0.4) is 0 Å². The summed E-state index contributed by atoms with van der Waals surface area (Å²) in [6.45, 7) is 6.14. The molecule has 0 saturated carbocycles. The number of nitrogens with zero attached hydrogens (tertiary/aromatic N) is 1. The monoisotopic (exact) mass is 356 g/mol. The van der Waals surface area contributed by atoms with Gasteiger partial charge in [0.2, 0.25) is 15.9 Å². The molecule has 6 nitrogen and oxygen atoms in total. The molecule has 0 aliphatic heterocycles. The number of sulfonamides is 1. The first-order chi connectivity index (χ1) is 11.0. The highest BCUT2D eigenvalue weighted by Gasteiger charge is 2.29. The summed E-state index contributed by atoms with van der Waals surface area (Å²) in [5.74, 6) is 0.646. The smallest absolute Gasteiger partial charge is 0.221 e. The lowest BCUT2D eigenvalue weighted by Gasteiger charge is -2.33. The maximum absolute atomic E-state index is 11.9. The van der Waals surface area contributed by atoms with E-state index in [4.69, 9.17) is 4.74 Å². The van der Waals surface area contributed by atoms with Crippen molar-refractivity contribution < 1.29 is 17.9 Å². The highest BCUT2D eigenvalue weighted by atomic mass is 32.2. The van der Waals surface area contributed by atoms with Gasteiger partial charge >= 0.3 is 0 Å². The van der Waals surface area contributed by atoms with E-state index in [9.17, 15) is 13.2 Å². The molecule has 1 aromatic rings. The van der Waals surface area contributed by atoms with Gasteiger partial charge < -0.3 is 10.1 Å². The molecular formula is C17H28N2O4S. The lowest BCUT2D eigenvalue weighted by molar-refractivity contribution is -0.121. The summed E-state index contributed by atoms with van der Waals surface area (Å²) in [6.07, 6.45) is 2.03. The number of ether oxygens (including phenoxy) is 1. The van der Waals surface area contributed by atoms with Gasteiger partial charge in [-0.1, -0.05) is 12.1 Å². The fourth-order valence-corrected chi connectivity index (χ4v) is 3.85. The molecule has 1 aromatic carbocycles. The Morgan fingerprint density at radius 3 is 2.25 bits per heavy atom. The molecule has 0 aromatic heterocycles. The van der Waals surface area contributed by atoms with Crippen LogP contribution in [-0.4, -0.2) is 50.6 Å². The highest BCUT2D eigenvalue weighted by molar-refractivity contribution is 7.88. The van der Waals surface area contributed by atoms with Crippen LogP contribution >= 0.6 is 0 Å². The summed E-state index contributed by atoms with van der Waals surface area (Å²) in [7, 11) is -1.73. The number of hydrogen-bond donors (Lipinski definition) is 1. The first kappa shape index (κ1) is 20.4. The van der Waals surface area contributed by atoms with Gasteiger partial charge in [-0.15, -0.1) is 0 Å². The van der Waals surface area contributed by atoms with Crippen molar-refractivity contribution in [3.05, 3.63) is 29.8 Å². The molecule has 0 heterocycles. The topological polar surface area (TPSA) is 75.7 Å². The van der Waals surface area contributed by atoms with Gasteiger partial charge in [-0.25, -0.2) is 8.42 Å². The summed E-state index contributed by atoms with van der Waals surface area (Å²) in [5, 5.41) is 2.83. The molecule has 0 bridgehead atoms. The number of carbonyl (C=O) groups excluding carboxylic acids is 1. The molecule has 24 heavy (non-hydrogen) atoms. The van der Waals surface area contributed by atoms with Crippen LogP contribution < -0.4 is 10.1 Å². The summed E-state index contributed by atoms with van der Waals surface area (Å²) < 4.78 is 30.1. The summed E-state index contributed by atoms with van der Waals surface area (Å²) >= 11 is 0. The number of amides is 1. The Bertz CT molecular complexity index is 634. The molecule has 136 valence electrons. The van der Waals surface area contributed by atoms with Crippen molar-refractivity contribution >= 4 is 15.9 Å². The van der Waals surface area contributed by atoms with E-state index in [-0.39, 0.29) is 18.9 Å². The zero-order valence-electron chi connectivity index (χ0n) is 15.1. The summed E-state index contributed by atoms with van der Waals surface area (Å²) in [4.78, 5) is 11.9. The van der Waals surface area contributed by atoms with Gasteiger partial charge in [0.05, 0.1) is 13.4 Å². The minimum absolute atomic E-state index is 0.146. The predicted octanol–water partition coefficient (Wildman–Crippen LogP) is 1.80. The lowest BCUT2D eigenvalue weighted by Crippen LogP contribution is -2.46. The number of nitrogens with one attached hydrogen (secondary N) is 1. The molecule has 1 rings (SSSR count). The Labute approximate surface area is 145 Å². The van der Waals surface area contributed by atoms with Crippen LogP contribution in [-0.2, 0) is 21.2 Å². The van der Waals surface area contributed by atoms with Gasteiger partial charge in [0.1, 0.15) is 5.75 Å². The van der Waals surface area contributed by atoms with Crippen LogP contribution in [0.15, 0.2) is 24.3 Å². The van der Waals surface area contributed by atoms with Crippen molar-refractivity contribution in [2.24, 2.45) is 0 Å². The second-order valence-corrected chi connectivity index (χ2v) is 8.61. The van der Waals surface area contributed by atoms with E-state index in [0.717, 1.165) is 11.3 Å². The summed E-state index contributed by atoms with van der Waals surface area (Å²) in [6, 6.07) is 7.67. The second-order valence-electron chi connectivity index (χ2n) is 6.70. The van der Waals surface area contributed by atoms with Crippen LogP contribution in [0, 0.1) is 0 Å². The second kappa shape index (κ2) is 8.48. The molecule has 0 aliphatic rings. The zero-order chi connectivity index (χ0) is 18.4. The van der Waals surface area contributed by atoms with E-state index in [1.807, 2.05) is 45.0 Å². The Hall–Kier alpha value is -1.60. The average Bonchev–Trinajstić information content (AvgIpc) is 2.45. The Kier molecular flexibility index (Phi) is 7.23. The van der Waals surface area contributed by atoms with E-state index < -0.39 is 15.6 Å². The van der Waals surface area contributed by atoms with E-state index >= 15 is 0 Å². The van der Waals surface area contributed by atoms with Crippen LogP contribution in [0.5, 0.6) is 5.75 Å². The van der Waals surface area contributed by atoms with Gasteiger partial charge in [-0.3, -0.25) is 4.79 Å². The Morgan fingerprint density at radius 2 is 1.79 bits per heavy atom. The number of carbonyl (C=O) groups is 1. The maximum atomic E-state index is 11.9. The molecule has 0 radical (unpaired) electrons. The van der Waals surface area contributed by atoms with Crippen molar-refractivity contribution in [2.75, 3.05) is 26.5 Å². The molecule has 0 saturated heterocycles. The van der Waals surface area contributed by atoms with Crippen molar-refractivity contribution in [3.8, 4) is 5.75 Å². The van der Waals surface area contributed by atoms with Gasteiger partial charge in [-0.2, -0.15) is 4.31 Å². The molecular weight excluding hydrogens is 328 g/mol. The molecule has 1 N–H and O–H groups in total. The minimum atomic E-state index is -3.35. The summed E-state index contributed by atoms with van der Waals surface area (Å²) in [5.41, 5.74) is 0.556. The molecule has 0 unspecified atom stereocenters. The molecule has 0 atom stereocenters. The quantitative estimate of drug-likeness (QED) is 0.771. The fourth-order valence-electron chi connectivity index (χ4n) is 2.43. The van der Waals surface area contributed by atoms with Crippen LogP contribution in [0.1, 0.15) is 32.8 Å². The molecule has 0 spiro atoms. The molecule has 0 fully saturated rings. The third-order valence-electron chi connectivity index (χ3n) is 3.59. The van der Waals surface area contributed by atoms with Gasteiger partial charge in [-0.05, 0) is 44.9 Å². The third kappa shape index (κ3) is 6.88. The number of methoxy groups -OCH3 is 1.